The molecule has 20 heavy (non-hydrogen) atoms. The quantitative estimate of drug-likeness (QED) is 0.674. The molecule has 1 heterocycles. The largest absolute Gasteiger partial charge is 0.398 e. The van der Waals surface area contributed by atoms with E-state index < -0.39 is 0 Å². The first kappa shape index (κ1) is 12.9. The van der Waals surface area contributed by atoms with E-state index in [-0.39, 0.29) is 0 Å². The van der Waals surface area contributed by atoms with Gasteiger partial charge in [0, 0.05) is 44.7 Å². The number of nitrogens with two attached hydrogens (primary N) is 1. The van der Waals surface area contributed by atoms with Gasteiger partial charge in [-0.05, 0) is 48.9 Å². The van der Waals surface area contributed by atoms with E-state index in [4.69, 9.17) is 5.73 Å². The fourth-order valence-corrected chi connectivity index (χ4v) is 2.71. The van der Waals surface area contributed by atoms with Crippen LogP contribution in [0.25, 0.3) is 10.8 Å². The molecule has 0 atom stereocenters. The molecule has 0 aliphatic carbocycles. The van der Waals surface area contributed by atoms with E-state index >= 15 is 0 Å². The Balaban J connectivity index is 2.09. The Morgan fingerprint density at radius 3 is 2.65 bits per heavy atom. The number of benzene rings is 2. The number of nitrogens with zero attached hydrogens (tertiary/aromatic N) is 1. The van der Waals surface area contributed by atoms with Gasteiger partial charge in [0.05, 0.1) is 0 Å². The number of nitrogen functional groups attached to an aromatic ring is 1. The Hall–Kier alpha value is -2.07. The number of halogens is 1. The number of pyridine rings is 1. The highest BCUT2D eigenvalue weighted by Crippen LogP contribution is 2.31. The molecule has 0 aliphatic rings. The van der Waals surface area contributed by atoms with Crippen LogP contribution in [0.1, 0.15) is 5.56 Å². The van der Waals surface area contributed by atoms with Crippen LogP contribution >= 0.6 is 15.9 Å². The van der Waals surface area contributed by atoms with Gasteiger partial charge in [-0.1, -0.05) is 15.9 Å². The number of fused-ring (bicyclic) bond motifs is 1. The zero-order valence-corrected chi connectivity index (χ0v) is 12.6. The van der Waals surface area contributed by atoms with Crippen LogP contribution in [0.4, 0.5) is 17.1 Å². The summed E-state index contributed by atoms with van der Waals surface area (Å²) in [5.41, 5.74) is 10.0. The molecule has 0 amide bonds. The monoisotopic (exact) mass is 327 g/mol. The molecule has 3 nitrogen and oxygen atoms in total. The van der Waals surface area contributed by atoms with Crippen molar-refractivity contribution in [1.29, 1.82) is 0 Å². The standard InChI is InChI=1S/C16H14BrN3/c1-10-8-11(17)2-4-15(10)20-16-5-3-14(18)13-9-19-7-6-12(13)16/h2-9,20H,18H2,1H3. The maximum Gasteiger partial charge on any atom is 0.0466 e. The average Bonchev–Trinajstić information content (AvgIpc) is 2.45. The molecule has 1 aromatic heterocycles. The summed E-state index contributed by atoms with van der Waals surface area (Å²) in [5.74, 6) is 0. The van der Waals surface area contributed by atoms with Crippen LogP contribution in [-0.4, -0.2) is 4.98 Å². The number of aryl methyl sites for hydroxylation is 1. The van der Waals surface area contributed by atoms with Gasteiger partial charge < -0.3 is 11.1 Å². The van der Waals surface area contributed by atoms with Crippen LogP contribution in [0.15, 0.2) is 53.3 Å². The lowest BCUT2D eigenvalue weighted by Crippen LogP contribution is -1.96. The first-order chi connectivity index (χ1) is 9.65. The second kappa shape index (κ2) is 5.13. The smallest absolute Gasteiger partial charge is 0.0466 e. The molecule has 100 valence electrons. The Morgan fingerprint density at radius 1 is 1.05 bits per heavy atom. The molecular formula is C16H14BrN3. The molecule has 3 N–H and O–H groups in total. The van der Waals surface area contributed by atoms with E-state index in [1.54, 1.807) is 12.4 Å². The van der Waals surface area contributed by atoms with E-state index in [1.165, 1.54) is 5.56 Å². The number of hydrogen-bond donors (Lipinski definition) is 2. The highest BCUT2D eigenvalue weighted by molar-refractivity contribution is 9.10. The maximum absolute atomic E-state index is 5.99. The van der Waals surface area contributed by atoms with E-state index in [2.05, 4.69) is 45.3 Å². The first-order valence-corrected chi connectivity index (χ1v) is 7.10. The predicted molar refractivity (Wildman–Crippen MR) is 88.3 cm³/mol. The minimum atomic E-state index is 0.742. The van der Waals surface area contributed by atoms with Gasteiger partial charge in [-0.15, -0.1) is 0 Å². The van der Waals surface area contributed by atoms with Gasteiger partial charge in [0.1, 0.15) is 0 Å². The van der Waals surface area contributed by atoms with Gasteiger partial charge in [-0.25, -0.2) is 0 Å². The lowest BCUT2D eigenvalue weighted by Gasteiger charge is -2.13. The predicted octanol–water partition coefficient (Wildman–Crippen LogP) is 4.63. The Bertz CT molecular complexity index is 784. The summed E-state index contributed by atoms with van der Waals surface area (Å²) in [6.07, 6.45) is 3.58. The van der Waals surface area contributed by atoms with Gasteiger partial charge in [0.25, 0.3) is 0 Å². The topological polar surface area (TPSA) is 50.9 Å². The van der Waals surface area contributed by atoms with E-state index in [1.807, 2.05) is 24.3 Å². The zero-order valence-electron chi connectivity index (χ0n) is 11.0. The van der Waals surface area contributed by atoms with Crippen molar-refractivity contribution in [3.8, 4) is 0 Å². The highest BCUT2D eigenvalue weighted by Gasteiger charge is 2.06. The fourth-order valence-electron chi connectivity index (χ4n) is 2.23. The SMILES string of the molecule is Cc1cc(Br)ccc1Nc1ccc(N)c2cnccc12. The van der Waals surface area contributed by atoms with Crippen molar-refractivity contribution in [2.75, 3.05) is 11.1 Å². The summed E-state index contributed by atoms with van der Waals surface area (Å²) >= 11 is 3.48. The van der Waals surface area contributed by atoms with Crippen molar-refractivity contribution in [2.24, 2.45) is 0 Å². The summed E-state index contributed by atoms with van der Waals surface area (Å²) in [5, 5.41) is 5.50. The molecule has 0 radical (unpaired) electrons. The van der Waals surface area contributed by atoms with Crippen molar-refractivity contribution in [1.82, 2.24) is 4.98 Å². The van der Waals surface area contributed by atoms with Crippen LogP contribution < -0.4 is 11.1 Å². The molecule has 0 unspecified atom stereocenters. The fraction of sp³-hybridized carbons (Fsp3) is 0.0625. The van der Waals surface area contributed by atoms with Gasteiger partial charge >= 0.3 is 0 Å². The van der Waals surface area contributed by atoms with Gasteiger partial charge in [-0.3, -0.25) is 4.98 Å². The third-order valence-corrected chi connectivity index (χ3v) is 3.80. The second-order valence-electron chi connectivity index (χ2n) is 4.71. The van der Waals surface area contributed by atoms with Gasteiger partial charge in [0.15, 0.2) is 0 Å². The summed E-state index contributed by atoms with van der Waals surface area (Å²) in [6, 6.07) is 12.0. The lowest BCUT2D eigenvalue weighted by molar-refractivity contribution is 1.36. The molecule has 0 aliphatic heterocycles. The van der Waals surface area contributed by atoms with Crippen molar-refractivity contribution < 1.29 is 0 Å². The summed E-state index contributed by atoms with van der Waals surface area (Å²) in [7, 11) is 0. The minimum Gasteiger partial charge on any atom is -0.398 e. The maximum atomic E-state index is 5.99. The van der Waals surface area contributed by atoms with E-state index in [9.17, 15) is 0 Å². The number of hydrogen-bond acceptors (Lipinski definition) is 3. The van der Waals surface area contributed by atoms with Crippen LogP contribution in [0, 0.1) is 6.92 Å². The van der Waals surface area contributed by atoms with Crippen molar-refractivity contribution in [2.45, 2.75) is 6.92 Å². The van der Waals surface area contributed by atoms with Gasteiger partial charge in [-0.2, -0.15) is 0 Å². The highest BCUT2D eigenvalue weighted by atomic mass is 79.9. The second-order valence-corrected chi connectivity index (χ2v) is 5.62. The first-order valence-electron chi connectivity index (χ1n) is 6.30. The minimum absolute atomic E-state index is 0.742. The molecule has 0 fully saturated rings. The van der Waals surface area contributed by atoms with Crippen LogP contribution in [0.3, 0.4) is 0 Å². The van der Waals surface area contributed by atoms with Crippen molar-refractivity contribution in [3.63, 3.8) is 0 Å². The van der Waals surface area contributed by atoms with Crippen molar-refractivity contribution in [3.05, 3.63) is 58.8 Å². The summed E-state index contributed by atoms with van der Waals surface area (Å²) in [6.45, 7) is 2.08. The van der Waals surface area contributed by atoms with E-state index in [0.29, 0.717) is 0 Å². The van der Waals surface area contributed by atoms with E-state index in [0.717, 1.165) is 32.3 Å². The number of aromatic nitrogens is 1. The Kier molecular flexibility index (Phi) is 3.32. The third kappa shape index (κ3) is 2.34. The molecule has 2 aromatic carbocycles. The van der Waals surface area contributed by atoms with Crippen LogP contribution in [-0.2, 0) is 0 Å². The van der Waals surface area contributed by atoms with Gasteiger partial charge in [0.2, 0.25) is 0 Å². The number of nitrogens with one attached hydrogen (secondary N) is 1. The normalized spacial score (nSPS) is 10.7. The number of anilines is 3. The molecule has 3 aromatic rings. The molecule has 0 saturated heterocycles. The average molecular weight is 328 g/mol. The Labute approximate surface area is 126 Å². The third-order valence-electron chi connectivity index (χ3n) is 3.31. The Morgan fingerprint density at radius 2 is 1.85 bits per heavy atom. The molecular weight excluding hydrogens is 314 g/mol. The molecule has 3 rings (SSSR count). The molecule has 0 spiro atoms. The van der Waals surface area contributed by atoms with Crippen LogP contribution in [0.5, 0.6) is 0 Å². The van der Waals surface area contributed by atoms with Crippen molar-refractivity contribution >= 4 is 43.8 Å². The number of rotatable bonds is 2. The molecule has 0 bridgehead atoms. The summed E-state index contributed by atoms with van der Waals surface area (Å²) < 4.78 is 1.08. The van der Waals surface area contributed by atoms with Crippen LogP contribution in [0.2, 0.25) is 0 Å². The summed E-state index contributed by atoms with van der Waals surface area (Å²) in [4.78, 5) is 4.14. The molecule has 0 saturated carbocycles. The zero-order chi connectivity index (χ0) is 14.1. The lowest BCUT2D eigenvalue weighted by atomic mass is 10.1. The molecule has 4 heteroatoms.